The van der Waals surface area contributed by atoms with E-state index in [0.717, 1.165) is 23.8 Å². The second-order valence-corrected chi connectivity index (χ2v) is 6.38. The summed E-state index contributed by atoms with van der Waals surface area (Å²) in [7, 11) is 1.95. The van der Waals surface area contributed by atoms with Crippen molar-refractivity contribution in [1.29, 1.82) is 0 Å². The van der Waals surface area contributed by atoms with Crippen LogP contribution in [0.5, 0.6) is 0 Å². The van der Waals surface area contributed by atoms with Crippen molar-refractivity contribution >= 4 is 11.8 Å². The van der Waals surface area contributed by atoms with Gasteiger partial charge in [0.25, 0.3) is 0 Å². The van der Waals surface area contributed by atoms with Gasteiger partial charge in [-0.1, -0.05) is 11.8 Å². The van der Waals surface area contributed by atoms with E-state index >= 15 is 0 Å². The fourth-order valence-electron chi connectivity index (χ4n) is 1.95. The molecule has 5 nitrogen and oxygen atoms in total. The van der Waals surface area contributed by atoms with Gasteiger partial charge in [-0.05, 0) is 32.6 Å². The molecular formula is C12H22N4OS. The molecule has 0 aliphatic heterocycles. The Morgan fingerprint density at radius 2 is 2.39 bits per heavy atom. The number of aliphatic hydroxyl groups is 1. The summed E-state index contributed by atoms with van der Waals surface area (Å²) in [4.78, 5) is 0. The Hall–Kier alpha value is -0.590. The maximum atomic E-state index is 9.49. The summed E-state index contributed by atoms with van der Waals surface area (Å²) in [6.07, 6.45) is 6.28. The molecule has 1 saturated carbocycles. The molecule has 0 saturated heterocycles. The van der Waals surface area contributed by atoms with Gasteiger partial charge in [-0.25, -0.2) is 0 Å². The molecule has 18 heavy (non-hydrogen) atoms. The quantitative estimate of drug-likeness (QED) is 0.549. The number of rotatable bonds is 8. The standard InChI is InChI=1S/C12H22N4OS/c1-12(8-17,14-10-4-5-10)6-3-7-18-11-15-13-9-16(11)2/h9-10,14,17H,3-8H2,1-2H3. The third-order valence-corrected chi connectivity index (χ3v) is 4.37. The monoisotopic (exact) mass is 270 g/mol. The molecule has 6 heteroatoms. The lowest BCUT2D eigenvalue weighted by molar-refractivity contribution is 0.163. The van der Waals surface area contributed by atoms with Gasteiger partial charge in [0.2, 0.25) is 0 Å². The van der Waals surface area contributed by atoms with E-state index in [9.17, 15) is 5.11 Å². The minimum Gasteiger partial charge on any atom is -0.394 e. The third-order valence-electron chi connectivity index (χ3n) is 3.25. The van der Waals surface area contributed by atoms with Crippen LogP contribution in [0, 0.1) is 0 Å². The summed E-state index contributed by atoms with van der Waals surface area (Å²) in [5.41, 5.74) is -0.123. The van der Waals surface area contributed by atoms with Gasteiger partial charge >= 0.3 is 0 Å². The highest BCUT2D eigenvalue weighted by atomic mass is 32.2. The Balaban J connectivity index is 1.68. The molecule has 0 radical (unpaired) electrons. The number of nitrogens with zero attached hydrogens (tertiary/aromatic N) is 3. The molecule has 2 rings (SSSR count). The van der Waals surface area contributed by atoms with Crippen molar-refractivity contribution in [2.45, 2.75) is 49.3 Å². The first-order chi connectivity index (χ1) is 8.63. The average Bonchev–Trinajstić information content (AvgIpc) is 3.07. The Kier molecular flexibility index (Phi) is 4.64. The van der Waals surface area contributed by atoms with Gasteiger partial charge in [0.1, 0.15) is 6.33 Å². The van der Waals surface area contributed by atoms with E-state index in [4.69, 9.17) is 0 Å². The Labute approximate surface area is 112 Å². The van der Waals surface area contributed by atoms with Crippen LogP contribution in [0.3, 0.4) is 0 Å². The fourth-order valence-corrected chi connectivity index (χ4v) is 2.77. The average molecular weight is 270 g/mol. The predicted molar refractivity (Wildman–Crippen MR) is 72.6 cm³/mol. The fraction of sp³-hybridized carbons (Fsp3) is 0.833. The molecule has 1 aromatic heterocycles. The first kappa shape index (κ1) is 13.8. The van der Waals surface area contributed by atoms with Gasteiger partial charge < -0.3 is 15.0 Å². The summed E-state index contributed by atoms with van der Waals surface area (Å²) >= 11 is 1.72. The highest BCUT2D eigenvalue weighted by molar-refractivity contribution is 7.99. The first-order valence-electron chi connectivity index (χ1n) is 6.48. The molecule has 1 aromatic rings. The van der Waals surface area contributed by atoms with Crippen molar-refractivity contribution in [2.24, 2.45) is 7.05 Å². The van der Waals surface area contributed by atoms with Gasteiger partial charge in [-0.15, -0.1) is 10.2 Å². The third kappa shape index (κ3) is 3.96. The molecule has 1 aliphatic rings. The lowest BCUT2D eigenvalue weighted by atomic mass is 9.97. The number of nitrogens with one attached hydrogen (secondary N) is 1. The number of aryl methyl sites for hydroxylation is 1. The Morgan fingerprint density at radius 1 is 1.61 bits per heavy atom. The summed E-state index contributed by atoms with van der Waals surface area (Å²) < 4.78 is 1.93. The van der Waals surface area contributed by atoms with Crippen LogP contribution < -0.4 is 5.32 Å². The molecule has 1 aliphatic carbocycles. The SMILES string of the molecule is Cn1cnnc1SCCCC(C)(CO)NC1CC1. The smallest absolute Gasteiger partial charge is 0.190 e. The zero-order valence-corrected chi connectivity index (χ0v) is 11.9. The van der Waals surface area contributed by atoms with Crippen LogP contribution in [0.15, 0.2) is 11.5 Å². The maximum Gasteiger partial charge on any atom is 0.190 e. The molecule has 1 fully saturated rings. The second-order valence-electron chi connectivity index (χ2n) is 5.31. The molecule has 1 atom stereocenters. The topological polar surface area (TPSA) is 63.0 Å². The van der Waals surface area contributed by atoms with Crippen molar-refractivity contribution in [3.8, 4) is 0 Å². The lowest BCUT2D eigenvalue weighted by Crippen LogP contribution is -2.46. The van der Waals surface area contributed by atoms with Gasteiger partial charge in [0.05, 0.1) is 6.61 Å². The summed E-state index contributed by atoms with van der Waals surface area (Å²) in [5, 5.41) is 21.9. The number of hydrogen-bond acceptors (Lipinski definition) is 5. The Bertz CT molecular complexity index is 380. The highest BCUT2D eigenvalue weighted by Crippen LogP contribution is 2.25. The Morgan fingerprint density at radius 3 is 2.94 bits per heavy atom. The summed E-state index contributed by atoms with van der Waals surface area (Å²) in [6.45, 7) is 2.32. The normalized spacial score (nSPS) is 18.8. The molecule has 1 unspecified atom stereocenters. The van der Waals surface area contributed by atoms with Crippen LogP contribution in [-0.2, 0) is 7.05 Å². The summed E-state index contributed by atoms with van der Waals surface area (Å²) in [5.74, 6) is 1.01. The van der Waals surface area contributed by atoms with Crippen LogP contribution in [0.4, 0.5) is 0 Å². The van der Waals surface area contributed by atoms with Crippen molar-refractivity contribution in [3.63, 3.8) is 0 Å². The van der Waals surface area contributed by atoms with Crippen LogP contribution in [0.25, 0.3) is 0 Å². The number of aliphatic hydroxyl groups excluding tert-OH is 1. The van der Waals surface area contributed by atoms with Gasteiger partial charge in [0, 0.05) is 24.4 Å². The molecule has 0 amide bonds. The van der Waals surface area contributed by atoms with Crippen molar-refractivity contribution in [2.75, 3.05) is 12.4 Å². The zero-order chi connectivity index (χ0) is 13.0. The number of thioether (sulfide) groups is 1. The van der Waals surface area contributed by atoms with E-state index in [-0.39, 0.29) is 12.1 Å². The molecular weight excluding hydrogens is 248 g/mol. The molecule has 0 aromatic carbocycles. The summed E-state index contributed by atoms with van der Waals surface area (Å²) in [6, 6.07) is 0.633. The van der Waals surface area contributed by atoms with Crippen molar-refractivity contribution < 1.29 is 5.11 Å². The van der Waals surface area contributed by atoms with Crippen molar-refractivity contribution in [3.05, 3.63) is 6.33 Å². The van der Waals surface area contributed by atoms with Crippen LogP contribution >= 0.6 is 11.8 Å². The van der Waals surface area contributed by atoms with Gasteiger partial charge in [0.15, 0.2) is 5.16 Å². The van der Waals surface area contributed by atoms with E-state index in [2.05, 4.69) is 22.4 Å². The highest BCUT2D eigenvalue weighted by Gasteiger charge is 2.31. The molecule has 2 N–H and O–H groups in total. The number of aromatic nitrogens is 3. The van der Waals surface area contributed by atoms with Crippen LogP contribution in [0.1, 0.15) is 32.6 Å². The minimum atomic E-state index is -0.123. The van der Waals surface area contributed by atoms with E-state index < -0.39 is 0 Å². The molecule has 1 heterocycles. The second kappa shape index (κ2) is 6.04. The van der Waals surface area contributed by atoms with E-state index in [1.165, 1.54) is 12.8 Å². The minimum absolute atomic E-state index is 0.123. The van der Waals surface area contributed by atoms with Gasteiger partial charge in [-0.2, -0.15) is 0 Å². The first-order valence-corrected chi connectivity index (χ1v) is 7.47. The molecule has 0 bridgehead atoms. The van der Waals surface area contributed by atoms with Crippen LogP contribution in [0.2, 0.25) is 0 Å². The zero-order valence-electron chi connectivity index (χ0n) is 11.1. The lowest BCUT2D eigenvalue weighted by Gasteiger charge is -2.29. The van der Waals surface area contributed by atoms with E-state index in [1.54, 1.807) is 18.1 Å². The number of hydrogen-bond donors (Lipinski definition) is 2. The largest absolute Gasteiger partial charge is 0.394 e. The van der Waals surface area contributed by atoms with Gasteiger partial charge in [-0.3, -0.25) is 0 Å². The molecule has 102 valence electrons. The van der Waals surface area contributed by atoms with E-state index in [0.29, 0.717) is 6.04 Å². The van der Waals surface area contributed by atoms with E-state index in [1.807, 2.05) is 11.6 Å². The maximum absolute atomic E-state index is 9.49. The van der Waals surface area contributed by atoms with Crippen molar-refractivity contribution in [1.82, 2.24) is 20.1 Å². The predicted octanol–water partition coefficient (Wildman–Crippen LogP) is 1.19. The molecule has 0 spiro atoms. The van der Waals surface area contributed by atoms with Crippen LogP contribution in [-0.4, -0.2) is 43.8 Å².